The molecule has 0 fully saturated rings. The van der Waals surface area contributed by atoms with E-state index in [1.165, 1.54) is 5.56 Å². The van der Waals surface area contributed by atoms with E-state index in [-0.39, 0.29) is 0 Å². The number of aryl methyl sites for hydroxylation is 2. The highest BCUT2D eigenvalue weighted by Crippen LogP contribution is 2.30. The Labute approximate surface area is 132 Å². The number of hydrogen-bond acceptors (Lipinski definition) is 4. The van der Waals surface area contributed by atoms with E-state index < -0.39 is 0 Å². The highest BCUT2D eigenvalue weighted by molar-refractivity contribution is 7.12. The summed E-state index contributed by atoms with van der Waals surface area (Å²) >= 11 is 1.63. The van der Waals surface area contributed by atoms with Gasteiger partial charge in [0.05, 0.1) is 16.7 Å². The van der Waals surface area contributed by atoms with Gasteiger partial charge >= 0.3 is 0 Å². The molecule has 4 nitrogen and oxygen atoms in total. The molecule has 0 spiro atoms. The van der Waals surface area contributed by atoms with Gasteiger partial charge in [-0.15, -0.1) is 11.3 Å². The summed E-state index contributed by atoms with van der Waals surface area (Å²) in [6, 6.07) is 8.25. The Morgan fingerprint density at radius 2 is 2.00 bits per heavy atom. The van der Waals surface area contributed by atoms with Crippen molar-refractivity contribution in [2.24, 2.45) is 0 Å². The zero-order valence-corrected chi connectivity index (χ0v) is 13.1. The standard InChI is InChI=1S/C17H14N4S/c1-11-6-7-18-8-14(11)13-4-3-5-15-16(13)19-10-21(15)17-20-12(2)9-22-17/h3-10H,1-2H3. The summed E-state index contributed by atoms with van der Waals surface area (Å²) in [5, 5.41) is 3.00. The molecule has 4 rings (SSSR count). The molecule has 4 aromatic rings. The number of aromatic nitrogens is 4. The number of imidazole rings is 1. The van der Waals surface area contributed by atoms with E-state index in [1.54, 1.807) is 11.3 Å². The van der Waals surface area contributed by atoms with Gasteiger partial charge in [-0.2, -0.15) is 0 Å². The lowest BCUT2D eigenvalue weighted by Gasteiger charge is -2.06. The van der Waals surface area contributed by atoms with Crippen molar-refractivity contribution in [2.75, 3.05) is 0 Å². The van der Waals surface area contributed by atoms with Crippen molar-refractivity contribution in [3.63, 3.8) is 0 Å². The smallest absolute Gasteiger partial charge is 0.195 e. The molecule has 3 aromatic heterocycles. The molecule has 0 atom stereocenters. The third-order valence-electron chi connectivity index (χ3n) is 3.72. The van der Waals surface area contributed by atoms with E-state index in [0.717, 1.165) is 33.0 Å². The second-order valence-electron chi connectivity index (χ2n) is 5.25. The van der Waals surface area contributed by atoms with Crippen LogP contribution >= 0.6 is 11.3 Å². The SMILES string of the molecule is Cc1csc(-n2cnc3c(-c4cnccc4C)cccc32)n1. The fourth-order valence-electron chi connectivity index (χ4n) is 2.61. The molecule has 0 unspecified atom stereocenters. The number of fused-ring (bicyclic) bond motifs is 1. The number of para-hydroxylation sites is 1. The molecule has 22 heavy (non-hydrogen) atoms. The maximum Gasteiger partial charge on any atom is 0.195 e. The summed E-state index contributed by atoms with van der Waals surface area (Å²) in [5.41, 5.74) is 6.49. The molecule has 0 radical (unpaired) electrons. The van der Waals surface area contributed by atoms with Gasteiger partial charge in [0, 0.05) is 28.9 Å². The van der Waals surface area contributed by atoms with Crippen LogP contribution in [-0.2, 0) is 0 Å². The first-order chi connectivity index (χ1) is 10.7. The first-order valence-corrected chi connectivity index (χ1v) is 7.91. The lowest BCUT2D eigenvalue weighted by Crippen LogP contribution is -1.91. The predicted molar refractivity (Wildman–Crippen MR) is 89.4 cm³/mol. The van der Waals surface area contributed by atoms with Crippen molar-refractivity contribution in [3.8, 4) is 16.3 Å². The molecular weight excluding hydrogens is 292 g/mol. The first-order valence-electron chi connectivity index (χ1n) is 7.03. The van der Waals surface area contributed by atoms with Crippen molar-refractivity contribution in [2.45, 2.75) is 13.8 Å². The Hall–Kier alpha value is -2.53. The number of thiazole rings is 1. The van der Waals surface area contributed by atoms with Gasteiger partial charge in [-0.3, -0.25) is 9.55 Å². The van der Waals surface area contributed by atoms with E-state index in [0.29, 0.717) is 0 Å². The van der Waals surface area contributed by atoms with Crippen LogP contribution in [0.2, 0.25) is 0 Å². The van der Waals surface area contributed by atoms with E-state index in [9.17, 15) is 0 Å². The van der Waals surface area contributed by atoms with Crippen LogP contribution < -0.4 is 0 Å². The molecule has 0 saturated heterocycles. The largest absolute Gasteiger partial charge is 0.274 e. The molecule has 0 aliphatic rings. The van der Waals surface area contributed by atoms with Crippen LogP contribution in [0.4, 0.5) is 0 Å². The Morgan fingerprint density at radius 1 is 1.09 bits per heavy atom. The lowest BCUT2D eigenvalue weighted by atomic mass is 10.0. The van der Waals surface area contributed by atoms with Gasteiger partial charge in [-0.25, -0.2) is 9.97 Å². The van der Waals surface area contributed by atoms with Crippen molar-refractivity contribution in [3.05, 3.63) is 59.6 Å². The predicted octanol–water partition coefficient (Wildman–Crippen LogP) is 4.16. The summed E-state index contributed by atoms with van der Waals surface area (Å²) in [5.74, 6) is 0. The molecule has 0 amide bonds. The minimum atomic E-state index is 0.944. The molecular formula is C17H14N4S. The van der Waals surface area contributed by atoms with Crippen LogP contribution in [0.3, 0.4) is 0 Å². The maximum absolute atomic E-state index is 4.62. The minimum absolute atomic E-state index is 0.944. The van der Waals surface area contributed by atoms with Crippen molar-refractivity contribution in [1.29, 1.82) is 0 Å². The van der Waals surface area contributed by atoms with Crippen LogP contribution in [0.15, 0.2) is 48.4 Å². The second-order valence-corrected chi connectivity index (χ2v) is 6.09. The van der Waals surface area contributed by atoms with Gasteiger partial charge in [-0.1, -0.05) is 12.1 Å². The van der Waals surface area contributed by atoms with E-state index in [1.807, 2.05) is 36.3 Å². The molecule has 0 aliphatic carbocycles. The van der Waals surface area contributed by atoms with Crippen LogP contribution in [-0.4, -0.2) is 19.5 Å². The third kappa shape index (κ3) is 2.02. The van der Waals surface area contributed by atoms with Crippen LogP contribution in [0.1, 0.15) is 11.3 Å². The number of pyridine rings is 1. The number of rotatable bonds is 2. The van der Waals surface area contributed by atoms with Gasteiger partial charge in [0.15, 0.2) is 5.13 Å². The number of hydrogen-bond donors (Lipinski definition) is 0. The van der Waals surface area contributed by atoms with E-state index in [2.05, 4.69) is 45.5 Å². The minimum Gasteiger partial charge on any atom is -0.274 e. The fraction of sp³-hybridized carbons (Fsp3) is 0.118. The molecule has 0 bridgehead atoms. The Bertz CT molecular complexity index is 968. The Balaban J connectivity index is 1.96. The van der Waals surface area contributed by atoms with E-state index >= 15 is 0 Å². The Kier molecular flexibility index (Phi) is 3.01. The molecule has 5 heteroatoms. The van der Waals surface area contributed by atoms with Crippen molar-refractivity contribution in [1.82, 2.24) is 19.5 Å². The summed E-state index contributed by atoms with van der Waals surface area (Å²) in [6.07, 6.45) is 5.56. The maximum atomic E-state index is 4.62. The van der Waals surface area contributed by atoms with Crippen LogP contribution in [0, 0.1) is 13.8 Å². The number of benzene rings is 1. The second kappa shape index (κ2) is 5.03. The molecule has 3 heterocycles. The zero-order chi connectivity index (χ0) is 15.1. The highest BCUT2D eigenvalue weighted by atomic mass is 32.1. The van der Waals surface area contributed by atoms with E-state index in [4.69, 9.17) is 0 Å². The van der Waals surface area contributed by atoms with Crippen molar-refractivity contribution >= 4 is 22.4 Å². The topological polar surface area (TPSA) is 43.6 Å². The Morgan fingerprint density at radius 3 is 2.77 bits per heavy atom. The van der Waals surface area contributed by atoms with Gasteiger partial charge < -0.3 is 0 Å². The van der Waals surface area contributed by atoms with Gasteiger partial charge in [0.1, 0.15) is 6.33 Å². The normalized spacial score (nSPS) is 11.2. The average Bonchev–Trinajstić information content (AvgIpc) is 3.13. The summed E-state index contributed by atoms with van der Waals surface area (Å²) in [4.78, 5) is 13.4. The highest BCUT2D eigenvalue weighted by Gasteiger charge is 2.13. The molecule has 1 aromatic carbocycles. The number of nitrogens with zero attached hydrogens (tertiary/aromatic N) is 4. The summed E-state index contributed by atoms with van der Waals surface area (Å²) in [7, 11) is 0. The molecule has 0 N–H and O–H groups in total. The van der Waals surface area contributed by atoms with Gasteiger partial charge in [0.25, 0.3) is 0 Å². The first kappa shape index (κ1) is 13.2. The van der Waals surface area contributed by atoms with Crippen LogP contribution in [0.5, 0.6) is 0 Å². The fourth-order valence-corrected chi connectivity index (χ4v) is 3.39. The molecule has 108 valence electrons. The monoisotopic (exact) mass is 306 g/mol. The average molecular weight is 306 g/mol. The third-order valence-corrected chi connectivity index (χ3v) is 4.68. The zero-order valence-electron chi connectivity index (χ0n) is 12.3. The summed E-state index contributed by atoms with van der Waals surface area (Å²) < 4.78 is 2.04. The van der Waals surface area contributed by atoms with Crippen molar-refractivity contribution < 1.29 is 0 Å². The molecule has 0 saturated carbocycles. The quantitative estimate of drug-likeness (QED) is 0.558. The molecule has 0 aliphatic heterocycles. The van der Waals surface area contributed by atoms with Gasteiger partial charge in [0.2, 0.25) is 0 Å². The lowest BCUT2D eigenvalue weighted by molar-refractivity contribution is 1.05. The van der Waals surface area contributed by atoms with Crippen LogP contribution in [0.25, 0.3) is 27.3 Å². The van der Waals surface area contributed by atoms with Gasteiger partial charge in [-0.05, 0) is 31.5 Å². The summed E-state index contributed by atoms with van der Waals surface area (Å²) in [6.45, 7) is 4.10.